The van der Waals surface area contributed by atoms with Crippen LogP contribution in [0.2, 0.25) is 5.02 Å². The molecular weight excluding hydrogens is 428 g/mol. The van der Waals surface area contributed by atoms with Crippen molar-refractivity contribution in [2.75, 3.05) is 24.2 Å². The van der Waals surface area contributed by atoms with E-state index in [2.05, 4.69) is 43.9 Å². The first-order valence-corrected chi connectivity index (χ1v) is 10.4. The van der Waals surface area contributed by atoms with Gasteiger partial charge in [0.1, 0.15) is 6.07 Å². The summed E-state index contributed by atoms with van der Waals surface area (Å²) in [5.41, 5.74) is 2.39. The lowest BCUT2D eigenvalue weighted by Crippen LogP contribution is -2.19. The molecule has 10 nitrogen and oxygen atoms in total. The summed E-state index contributed by atoms with van der Waals surface area (Å²) >= 11 is 6.65. The van der Waals surface area contributed by atoms with Gasteiger partial charge in [0, 0.05) is 25.6 Å². The van der Waals surface area contributed by atoms with E-state index in [1.807, 2.05) is 11.9 Å². The summed E-state index contributed by atoms with van der Waals surface area (Å²) in [6.07, 6.45) is 3.94. The second kappa shape index (κ2) is 9.07. The molecule has 3 aromatic rings. The van der Waals surface area contributed by atoms with Gasteiger partial charge in [0.2, 0.25) is 5.95 Å². The minimum atomic E-state index is 0.218. The van der Waals surface area contributed by atoms with Crippen LogP contribution in [0.15, 0.2) is 18.3 Å². The van der Waals surface area contributed by atoms with Gasteiger partial charge in [0.05, 0.1) is 34.6 Å². The van der Waals surface area contributed by atoms with Crippen LogP contribution in [0, 0.1) is 34.0 Å². The summed E-state index contributed by atoms with van der Waals surface area (Å²) in [5, 5.41) is 38.9. The van der Waals surface area contributed by atoms with Crippen LogP contribution >= 0.6 is 11.6 Å². The quantitative estimate of drug-likeness (QED) is 0.533. The molecule has 160 valence electrons. The van der Waals surface area contributed by atoms with E-state index in [0.29, 0.717) is 53.3 Å². The van der Waals surface area contributed by atoms with Crippen molar-refractivity contribution >= 4 is 34.7 Å². The van der Waals surface area contributed by atoms with E-state index in [-0.39, 0.29) is 11.6 Å². The minimum Gasteiger partial charge on any atom is -0.364 e. The maximum Gasteiger partial charge on any atom is 0.247 e. The molecule has 0 aliphatic heterocycles. The third-order valence-electron chi connectivity index (χ3n) is 4.96. The lowest BCUT2D eigenvalue weighted by atomic mass is 10.1. The zero-order valence-electron chi connectivity index (χ0n) is 17.3. The second-order valence-corrected chi connectivity index (χ2v) is 7.95. The first-order chi connectivity index (χ1) is 15.5. The second-order valence-electron chi connectivity index (χ2n) is 7.57. The maximum atomic E-state index is 9.48. The lowest BCUT2D eigenvalue weighted by Gasteiger charge is -2.18. The van der Waals surface area contributed by atoms with Crippen LogP contribution in [0.5, 0.6) is 0 Å². The predicted molar refractivity (Wildman–Crippen MR) is 118 cm³/mol. The molecule has 0 amide bonds. The molecule has 0 bridgehead atoms. The van der Waals surface area contributed by atoms with E-state index in [1.165, 1.54) is 10.7 Å². The molecule has 0 radical (unpaired) electrons. The normalized spacial score (nSPS) is 12.9. The highest BCUT2D eigenvalue weighted by Gasteiger charge is 2.24. The van der Waals surface area contributed by atoms with Crippen molar-refractivity contribution in [3.8, 4) is 18.2 Å². The first kappa shape index (κ1) is 21.3. The zero-order chi connectivity index (χ0) is 22.7. The number of nitriles is 3. The molecule has 1 aromatic carbocycles. The number of nitrogens with one attached hydrogen (secondary N) is 2. The molecule has 11 heteroatoms. The molecule has 4 rings (SSSR count). The highest BCUT2D eigenvalue weighted by molar-refractivity contribution is 6.34. The first-order valence-electron chi connectivity index (χ1n) is 9.99. The summed E-state index contributed by atoms with van der Waals surface area (Å²) in [6.45, 7) is 1.05. The number of benzene rings is 1. The van der Waals surface area contributed by atoms with Gasteiger partial charge in [-0.1, -0.05) is 11.6 Å². The number of nitrogens with zero attached hydrogens (tertiary/aromatic N) is 8. The smallest absolute Gasteiger partial charge is 0.247 e. The number of anilines is 3. The number of rotatable bonds is 8. The van der Waals surface area contributed by atoms with Crippen LogP contribution < -0.4 is 10.6 Å². The van der Waals surface area contributed by atoms with E-state index < -0.39 is 0 Å². The molecular formula is C21H19ClN10. The molecule has 2 heterocycles. The van der Waals surface area contributed by atoms with Gasteiger partial charge < -0.3 is 15.5 Å². The molecule has 0 atom stereocenters. The van der Waals surface area contributed by atoms with Crippen molar-refractivity contribution in [3.63, 3.8) is 0 Å². The monoisotopic (exact) mass is 446 g/mol. The predicted octanol–water partition coefficient (Wildman–Crippen LogP) is 3.18. The van der Waals surface area contributed by atoms with Crippen molar-refractivity contribution < 1.29 is 0 Å². The summed E-state index contributed by atoms with van der Waals surface area (Å²) in [6, 6.07) is 10.0. The van der Waals surface area contributed by atoms with E-state index in [9.17, 15) is 10.5 Å². The van der Waals surface area contributed by atoms with Gasteiger partial charge in [-0.25, -0.2) is 4.98 Å². The van der Waals surface area contributed by atoms with Gasteiger partial charge in [-0.2, -0.15) is 25.3 Å². The van der Waals surface area contributed by atoms with E-state index >= 15 is 0 Å². The fourth-order valence-electron chi connectivity index (χ4n) is 3.21. The molecule has 1 saturated carbocycles. The summed E-state index contributed by atoms with van der Waals surface area (Å²) in [5.74, 6) is 0.742. The van der Waals surface area contributed by atoms with Crippen LogP contribution in [0.4, 0.5) is 17.5 Å². The van der Waals surface area contributed by atoms with Gasteiger partial charge >= 0.3 is 0 Å². The molecule has 0 unspecified atom stereocenters. The summed E-state index contributed by atoms with van der Waals surface area (Å²) in [7, 11) is 1.88. The molecule has 1 aliphatic rings. The number of hydrogen-bond donors (Lipinski definition) is 2. The third kappa shape index (κ3) is 4.55. The Balaban J connectivity index is 1.70. The van der Waals surface area contributed by atoms with Gasteiger partial charge in [-0.05, 0) is 37.6 Å². The van der Waals surface area contributed by atoms with Gasteiger partial charge in [-0.3, -0.25) is 0 Å². The van der Waals surface area contributed by atoms with Crippen molar-refractivity contribution in [1.29, 1.82) is 15.8 Å². The van der Waals surface area contributed by atoms with Gasteiger partial charge in [0.15, 0.2) is 17.2 Å². The molecule has 2 N–H and O–H groups in total. The SMILES string of the molecule is CN(CCC#N)Cc1cc(C#N)cc(Nc2nc(NC3CC3)c3ncc(C#N)n3n2)c1Cl. The maximum absolute atomic E-state index is 9.48. The molecule has 1 fully saturated rings. The fraction of sp³-hybridized carbons (Fsp3) is 0.333. The Kier molecular flexibility index (Phi) is 6.04. The Morgan fingerprint density at radius 2 is 2.06 bits per heavy atom. The van der Waals surface area contributed by atoms with Gasteiger partial charge in [-0.15, -0.1) is 5.10 Å². The van der Waals surface area contributed by atoms with Crippen molar-refractivity contribution in [3.05, 3.63) is 40.2 Å². The number of aromatic nitrogens is 4. The van der Waals surface area contributed by atoms with E-state index in [4.69, 9.17) is 16.9 Å². The van der Waals surface area contributed by atoms with Crippen LogP contribution in [0.25, 0.3) is 5.65 Å². The summed E-state index contributed by atoms with van der Waals surface area (Å²) < 4.78 is 1.43. The summed E-state index contributed by atoms with van der Waals surface area (Å²) in [4.78, 5) is 10.8. The Morgan fingerprint density at radius 1 is 1.25 bits per heavy atom. The van der Waals surface area contributed by atoms with Crippen LogP contribution in [0.1, 0.15) is 36.1 Å². The number of imidazole rings is 1. The Morgan fingerprint density at radius 3 is 2.75 bits per heavy atom. The fourth-order valence-corrected chi connectivity index (χ4v) is 3.43. The van der Waals surface area contributed by atoms with Crippen molar-refractivity contribution in [2.24, 2.45) is 0 Å². The highest BCUT2D eigenvalue weighted by Crippen LogP contribution is 2.32. The van der Waals surface area contributed by atoms with Gasteiger partial charge in [0.25, 0.3) is 0 Å². The molecule has 0 spiro atoms. The Labute approximate surface area is 189 Å². The standard InChI is InChI=1S/C21H19ClN10/c1-31(6-2-5-23)12-14-7-13(9-24)8-17(18(14)22)28-21-29-19(27-15-3-4-15)20-26-11-16(10-25)32(20)30-21/h7-8,11,15H,2-4,6,12H2,1H3,(H2,27,28,29,30). The average Bonchev–Trinajstić information content (AvgIpc) is 3.50. The van der Waals surface area contributed by atoms with E-state index in [1.54, 1.807) is 12.1 Å². The van der Waals surface area contributed by atoms with Crippen LogP contribution in [-0.2, 0) is 6.54 Å². The largest absolute Gasteiger partial charge is 0.364 e. The average molecular weight is 447 g/mol. The third-order valence-corrected chi connectivity index (χ3v) is 5.41. The van der Waals surface area contributed by atoms with Crippen LogP contribution in [-0.4, -0.2) is 44.1 Å². The Bertz CT molecular complexity index is 1290. The van der Waals surface area contributed by atoms with Crippen LogP contribution in [0.3, 0.4) is 0 Å². The number of hydrogen-bond acceptors (Lipinski definition) is 9. The zero-order valence-corrected chi connectivity index (χ0v) is 18.1. The molecule has 0 saturated heterocycles. The van der Waals surface area contributed by atoms with E-state index in [0.717, 1.165) is 18.4 Å². The number of fused-ring (bicyclic) bond motifs is 1. The lowest BCUT2D eigenvalue weighted by molar-refractivity contribution is 0.335. The highest BCUT2D eigenvalue weighted by atomic mass is 35.5. The van der Waals surface area contributed by atoms with Crippen molar-refractivity contribution in [2.45, 2.75) is 31.8 Å². The number of halogens is 1. The molecule has 32 heavy (non-hydrogen) atoms. The van der Waals surface area contributed by atoms with Crippen molar-refractivity contribution in [1.82, 2.24) is 24.5 Å². The topological polar surface area (TPSA) is 142 Å². The minimum absolute atomic E-state index is 0.218. The molecule has 1 aliphatic carbocycles. The molecule has 2 aromatic heterocycles. The Hall–Kier alpha value is -3.91.